The van der Waals surface area contributed by atoms with Gasteiger partial charge in [-0.25, -0.2) is 0 Å². The second-order valence-corrected chi connectivity index (χ2v) is 8.45. The third-order valence-electron chi connectivity index (χ3n) is 3.87. The van der Waals surface area contributed by atoms with Gasteiger partial charge in [0, 0.05) is 17.5 Å². The molecule has 0 aromatic carbocycles. The van der Waals surface area contributed by atoms with Gasteiger partial charge in [0.05, 0.1) is 3.79 Å². The highest BCUT2D eigenvalue weighted by Crippen LogP contribution is 2.37. The summed E-state index contributed by atoms with van der Waals surface area (Å²) < 4.78 is 1.22. The van der Waals surface area contributed by atoms with E-state index in [1.165, 1.54) is 39.9 Å². The lowest BCUT2D eigenvalue weighted by molar-refractivity contribution is 0.371. The normalized spacial score (nSPS) is 17.9. The van der Waals surface area contributed by atoms with E-state index in [4.69, 9.17) is 0 Å². The minimum atomic E-state index is 0.543. The van der Waals surface area contributed by atoms with Gasteiger partial charge >= 0.3 is 0 Å². The van der Waals surface area contributed by atoms with E-state index in [9.17, 15) is 0 Å². The molecule has 3 rings (SSSR count). The summed E-state index contributed by atoms with van der Waals surface area (Å²) in [5.74, 6) is 0.820. The smallest absolute Gasteiger partial charge is 0.0701 e. The summed E-state index contributed by atoms with van der Waals surface area (Å²) >= 11 is 7.19. The molecule has 0 saturated heterocycles. The minimum absolute atomic E-state index is 0.543. The molecule has 1 atom stereocenters. The maximum atomic E-state index is 3.79. The van der Waals surface area contributed by atoms with Crippen molar-refractivity contribution in [1.29, 1.82) is 0 Å². The highest BCUT2D eigenvalue weighted by Gasteiger charge is 2.26. The molecule has 1 aliphatic rings. The van der Waals surface area contributed by atoms with Crippen LogP contribution in [0.1, 0.15) is 42.2 Å². The van der Waals surface area contributed by atoms with Crippen LogP contribution in [0, 0.1) is 5.92 Å². The molecule has 2 heterocycles. The first kappa shape index (κ1) is 13.8. The van der Waals surface area contributed by atoms with Gasteiger partial charge in [-0.15, -0.1) is 22.7 Å². The standard InChI is InChI=1S/C15H18BrNS2/c16-14-8-11(10-19-14)9-17-15(12-4-1-2-5-12)13-6-3-7-18-13/h3,6-8,10,12,15,17H,1-2,4-5,9H2. The van der Waals surface area contributed by atoms with E-state index < -0.39 is 0 Å². The molecule has 2 aromatic heterocycles. The molecule has 4 heteroatoms. The molecule has 19 heavy (non-hydrogen) atoms. The second-order valence-electron chi connectivity index (χ2n) is 5.18. The summed E-state index contributed by atoms with van der Waals surface area (Å²) in [6, 6.07) is 7.22. The van der Waals surface area contributed by atoms with E-state index >= 15 is 0 Å². The van der Waals surface area contributed by atoms with Crippen LogP contribution in [0.25, 0.3) is 0 Å². The fourth-order valence-electron chi connectivity index (χ4n) is 2.92. The van der Waals surface area contributed by atoms with Gasteiger partial charge in [0.25, 0.3) is 0 Å². The number of thiophene rings is 2. The quantitative estimate of drug-likeness (QED) is 0.736. The predicted molar refractivity (Wildman–Crippen MR) is 87.9 cm³/mol. The van der Waals surface area contributed by atoms with Crippen LogP contribution in [0.2, 0.25) is 0 Å². The summed E-state index contributed by atoms with van der Waals surface area (Å²) in [7, 11) is 0. The Kier molecular flexibility index (Phi) is 4.74. The third kappa shape index (κ3) is 3.48. The Morgan fingerprint density at radius 2 is 2.16 bits per heavy atom. The summed E-state index contributed by atoms with van der Waals surface area (Å²) in [6.07, 6.45) is 5.56. The second kappa shape index (κ2) is 6.53. The zero-order chi connectivity index (χ0) is 13.1. The Morgan fingerprint density at radius 3 is 2.79 bits per heavy atom. The minimum Gasteiger partial charge on any atom is -0.305 e. The number of nitrogens with one attached hydrogen (secondary N) is 1. The van der Waals surface area contributed by atoms with Crippen LogP contribution < -0.4 is 5.32 Å². The van der Waals surface area contributed by atoms with Crippen molar-refractivity contribution in [2.24, 2.45) is 5.92 Å². The van der Waals surface area contributed by atoms with E-state index in [2.05, 4.69) is 50.2 Å². The van der Waals surface area contributed by atoms with Crippen molar-refractivity contribution >= 4 is 38.6 Å². The zero-order valence-electron chi connectivity index (χ0n) is 10.8. The van der Waals surface area contributed by atoms with Crippen LogP contribution in [-0.2, 0) is 6.54 Å². The summed E-state index contributed by atoms with van der Waals surface area (Å²) in [4.78, 5) is 1.50. The molecule has 1 fully saturated rings. The molecule has 1 unspecified atom stereocenters. The molecule has 0 aliphatic heterocycles. The monoisotopic (exact) mass is 355 g/mol. The van der Waals surface area contributed by atoms with Crippen LogP contribution in [0.15, 0.2) is 32.7 Å². The average Bonchev–Trinajstić information content (AvgIpc) is 3.11. The van der Waals surface area contributed by atoms with Gasteiger partial charge in [0.15, 0.2) is 0 Å². The molecular weight excluding hydrogens is 338 g/mol. The molecule has 2 aromatic rings. The van der Waals surface area contributed by atoms with Crippen molar-refractivity contribution < 1.29 is 0 Å². The maximum absolute atomic E-state index is 3.79. The third-order valence-corrected chi connectivity index (χ3v) is 6.38. The van der Waals surface area contributed by atoms with Crippen LogP contribution in [0.5, 0.6) is 0 Å². The Hall–Kier alpha value is -0.160. The highest BCUT2D eigenvalue weighted by molar-refractivity contribution is 9.11. The molecule has 0 radical (unpaired) electrons. The molecule has 102 valence electrons. The Bertz CT molecular complexity index is 500. The average molecular weight is 356 g/mol. The summed E-state index contributed by atoms with van der Waals surface area (Å²) in [5.41, 5.74) is 1.39. The first-order chi connectivity index (χ1) is 9.33. The molecule has 1 saturated carbocycles. The fraction of sp³-hybridized carbons (Fsp3) is 0.467. The first-order valence-electron chi connectivity index (χ1n) is 6.82. The van der Waals surface area contributed by atoms with Crippen molar-refractivity contribution in [3.8, 4) is 0 Å². The molecule has 0 spiro atoms. The highest BCUT2D eigenvalue weighted by atomic mass is 79.9. The lowest BCUT2D eigenvalue weighted by Gasteiger charge is -2.23. The van der Waals surface area contributed by atoms with E-state index in [1.807, 2.05) is 11.3 Å². The Balaban J connectivity index is 1.68. The molecule has 1 nitrogen and oxygen atoms in total. The molecule has 1 N–H and O–H groups in total. The topological polar surface area (TPSA) is 12.0 Å². The van der Waals surface area contributed by atoms with Crippen molar-refractivity contribution in [3.05, 3.63) is 43.2 Å². The largest absolute Gasteiger partial charge is 0.305 e. The Labute approximate surface area is 131 Å². The van der Waals surface area contributed by atoms with Gasteiger partial charge in [-0.3, -0.25) is 0 Å². The maximum Gasteiger partial charge on any atom is 0.0701 e. The van der Waals surface area contributed by atoms with Gasteiger partial charge in [-0.2, -0.15) is 0 Å². The SMILES string of the molecule is Brc1cc(CNC(c2cccs2)C2CCCC2)cs1. The first-order valence-corrected chi connectivity index (χ1v) is 9.38. The van der Waals surface area contributed by atoms with Crippen LogP contribution in [0.4, 0.5) is 0 Å². The van der Waals surface area contributed by atoms with Crippen molar-refractivity contribution in [3.63, 3.8) is 0 Å². The van der Waals surface area contributed by atoms with E-state index in [-0.39, 0.29) is 0 Å². The lowest BCUT2D eigenvalue weighted by atomic mass is 9.96. The molecular formula is C15H18BrNS2. The van der Waals surface area contributed by atoms with Gasteiger partial charge in [0.2, 0.25) is 0 Å². The molecule has 0 bridgehead atoms. The predicted octanol–water partition coefficient (Wildman–Crippen LogP) is 5.59. The van der Waals surface area contributed by atoms with Crippen LogP contribution >= 0.6 is 38.6 Å². The van der Waals surface area contributed by atoms with Crippen LogP contribution in [-0.4, -0.2) is 0 Å². The van der Waals surface area contributed by atoms with Crippen molar-refractivity contribution in [2.75, 3.05) is 0 Å². The van der Waals surface area contributed by atoms with Crippen molar-refractivity contribution in [2.45, 2.75) is 38.3 Å². The van der Waals surface area contributed by atoms with Crippen LogP contribution in [0.3, 0.4) is 0 Å². The van der Waals surface area contributed by atoms with Gasteiger partial charge < -0.3 is 5.32 Å². The van der Waals surface area contributed by atoms with E-state index in [0.717, 1.165) is 12.5 Å². The zero-order valence-corrected chi connectivity index (χ0v) is 14.0. The van der Waals surface area contributed by atoms with E-state index in [0.29, 0.717) is 6.04 Å². The lowest BCUT2D eigenvalue weighted by Crippen LogP contribution is -2.25. The van der Waals surface area contributed by atoms with Gasteiger partial charge in [-0.1, -0.05) is 18.9 Å². The number of rotatable bonds is 5. The number of hydrogen-bond donors (Lipinski definition) is 1. The van der Waals surface area contributed by atoms with Gasteiger partial charge in [-0.05, 0) is 63.1 Å². The number of hydrogen-bond acceptors (Lipinski definition) is 3. The van der Waals surface area contributed by atoms with Crippen molar-refractivity contribution in [1.82, 2.24) is 5.32 Å². The van der Waals surface area contributed by atoms with E-state index in [1.54, 1.807) is 11.3 Å². The fourth-order valence-corrected chi connectivity index (χ4v) is 5.03. The number of halogens is 1. The summed E-state index contributed by atoms with van der Waals surface area (Å²) in [6.45, 7) is 0.973. The Morgan fingerprint density at radius 1 is 1.32 bits per heavy atom. The summed E-state index contributed by atoms with van der Waals surface area (Å²) in [5, 5.41) is 8.22. The molecule has 1 aliphatic carbocycles. The van der Waals surface area contributed by atoms with Gasteiger partial charge in [0.1, 0.15) is 0 Å². The molecule has 0 amide bonds.